The second-order valence-electron chi connectivity index (χ2n) is 12.0. The van der Waals surface area contributed by atoms with Crippen molar-refractivity contribution in [1.82, 2.24) is 9.97 Å². The molecule has 3 aromatic heterocycles. The van der Waals surface area contributed by atoms with Crippen LogP contribution in [0, 0.1) is 26.0 Å². The summed E-state index contributed by atoms with van der Waals surface area (Å²) in [4.78, 5) is 8.88. The van der Waals surface area contributed by atoms with Crippen LogP contribution < -0.4 is 0 Å². The first-order valence-corrected chi connectivity index (χ1v) is 14.9. The molecule has 0 saturated heterocycles. The molecule has 7 aromatic rings. The minimum Gasteiger partial charge on any atom is -0.501 e. The van der Waals surface area contributed by atoms with E-state index in [9.17, 15) is 0 Å². The molecule has 6 heteroatoms. The third-order valence-electron chi connectivity index (χ3n) is 8.87. The number of alkyl halides is 2. The van der Waals surface area contributed by atoms with Crippen LogP contribution in [0.3, 0.4) is 0 Å². The van der Waals surface area contributed by atoms with Crippen molar-refractivity contribution in [2.45, 2.75) is 39.0 Å². The van der Waals surface area contributed by atoms with E-state index >= 15 is 8.78 Å². The number of halogens is 2. The van der Waals surface area contributed by atoms with Gasteiger partial charge in [-0.1, -0.05) is 96.6 Å². The molecular weight excluding hydrogens is 755 g/mol. The van der Waals surface area contributed by atoms with E-state index in [0.717, 1.165) is 61.1 Å². The number of nitrogens with zero attached hydrogens (tertiary/aromatic N) is 2. The van der Waals surface area contributed by atoms with Crippen LogP contribution in [0.25, 0.3) is 55.6 Å². The van der Waals surface area contributed by atoms with Crippen molar-refractivity contribution >= 4 is 21.9 Å². The zero-order chi connectivity index (χ0) is 31.3. The second-order valence-corrected chi connectivity index (χ2v) is 12.0. The molecule has 0 N–H and O–H groups in total. The van der Waals surface area contributed by atoms with Gasteiger partial charge in [0.25, 0.3) is 5.92 Å². The number of aryl methyl sites for hydroxylation is 2. The standard InChI is InChI=1S/C23H20F2N.C17H10NO.Ir/c1-14-11-21(26-13-15(14)2)16-9-10-19-18(12-16)17-7-5-6-8-20(17)23(24,25)22(19,3)4;1-2-10-16-12(6-1)13-7-5-8-14(17(13)19-16)15-9-3-4-11-18-15;/h5-8,10-13H,1-4H3;1-7,9-11H;/q2*-1;. The molecule has 0 fully saturated rings. The molecule has 0 amide bonds. The molecule has 0 aliphatic heterocycles. The van der Waals surface area contributed by atoms with Crippen LogP contribution in [0.1, 0.15) is 36.1 Å². The summed E-state index contributed by atoms with van der Waals surface area (Å²) in [5, 5.41) is 2.23. The zero-order valence-electron chi connectivity index (χ0n) is 25.8. The van der Waals surface area contributed by atoms with Gasteiger partial charge in [0.1, 0.15) is 5.58 Å². The summed E-state index contributed by atoms with van der Waals surface area (Å²) in [6.07, 6.45) is 3.62. The Kier molecular flexibility index (Phi) is 8.22. The Labute approximate surface area is 280 Å². The smallest absolute Gasteiger partial charge is 0.274 e. The molecule has 231 valence electrons. The first kappa shape index (κ1) is 31.5. The Hall–Kier alpha value is -4.51. The van der Waals surface area contributed by atoms with Gasteiger partial charge < -0.3 is 14.4 Å². The maximum Gasteiger partial charge on any atom is 0.274 e. The van der Waals surface area contributed by atoms with Crippen molar-refractivity contribution in [3.05, 3.63) is 144 Å². The molecule has 0 atom stereocenters. The molecule has 3 nitrogen and oxygen atoms in total. The summed E-state index contributed by atoms with van der Waals surface area (Å²) >= 11 is 0. The number of pyridine rings is 2. The van der Waals surface area contributed by atoms with Gasteiger partial charge in [0, 0.05) is 48.9 Å². The molecule has 1 aliphatic rings. The van der Waals surface area contributed by atoms with Gasteiger partial charge in [0.15, 0.2) is 0 Å². The van der Waals surface area contributed by atoms with E-state index in [1.807, 2.05) is 86.8 Å². The number of hydrogen-bond donors (Lipinski definition) is 0. The largest absolute Gasteiger partial charge is 0.501 e. The number of hydrogen-bond acceptors (Lipinski definition) is 3. The molecule has 0 unspecified atom stereocenters. The van der Waals surface area contributed by atoms with Crippen LogP contribution in [0.5, 0.6) is 0 Å². The van der Waals surface area contributed by atoms with Gasteiger partial charge in [-0.15, -0.1) is 47.5 Å². The Morgan fingerprint density at radius 2 is 1.48 bits per heavy atom. The van der Waals surface area contributed by atoms with Gasteiger partial charge in [-0.3, -0.25) is 0 Å². The van der Waals surface area contributed by atoms with E-state index in [-0.39, 0.29) is 25.7 Å². The summed E-state index contributed by atoms with van der Waals surface area (Å²) in [5.74, 6) is -2.94. The summed E-state index contributed by atoms with van der Waals surface area (Å²) in [7, 11) is 0. The second kappa shape index (κ2) is 12.0. The van der Waals surface area contributed by atoms with Crippen LogP contribution in [0.15, 0.2) is 114 Å². The molecule has 0 spiro atoms. The summed E-state index contributed by atoms with van der Waals surface area (Å²) in [6, 6.07) is 36.7. The molecule has 4 aromatic carbocycles. The van der Waals surface area contributed by atoms with Crippen LogP contribution in [-0.4, -0.2) is 9.97 Å². The summed E-state index contributed by atoms with van der Waals surface area (Å²) in [5.41, 5.74) is 8.27. The fourth-order valence-electron chi connectivity index (χ4n) is 6.04. The molecule has 46 heavy (non-hydrogen) atoms. The van der Waals surface area contributed by atoms with E-state index in [1.54, 1.807) is 38.2 Å². The molecular formula is C40H30F2IrN2O-2. The number of fused-ring (bicyclic) bond motifs is 6. The van der Waals surface area contributed by atoms with Crippen LogP contribution >= 0.6 is 0 Å². The maximum absolute atomic E-state index is 15.1. The SMILES string of the molecule is Cc1cnc(-c2[c-]cc3c(c2)-c2ccccc2C(F)(F)C3(C)C)cc1C.[Ir].[c-]1ccc2c(oc3ccccc32)c1-c1ccccn1. The van der Waals surface area contributed by atoms with Crippen LogP contribution in [0.2, 0.25) is 0 Å². The van der Waals surface area contributed by atoms with Crippen molar-refractivity contribution in [1.29, 1.82) is 0 Å². The van der Waals surface area contributed by atoms with Crippen molar-refractivity contribution in [2.75, 3.05) is 0 Å². The van der Waals surface area contributed by atoms with E-state index < -0.39 is 11.3 Å². The number of aromatic nitrogens is 2. The Balaban J connectivity index is 0.000000165. The van der Waals surface area contributed by atoms with Gasteiger partial charge in [0.05, 0.1) is 5.58 Å². The Morgan fingerprint density at radius 1 is 0.717 bits per heavy atom. The topological polar surface area (TPSA) is 38.9 Å². The fraction of sp³-hybridized carbons (Fsp3) is 0.150. The summed E-state index contributed by atoms with van der Waals surface area (Å²) < 4.78 is 36.3. The summed E-state index contributed by atoms with van der Waals surface area (Å²) in [6.45, 7) is 7.26. The minimum absolute atomic E-state index is 0. The normalized spacial score (nSPS) is 14.0. The molecule has 1 aliphatic carbocycles. The van der Waals surface area contributed by atoms with Crippen LogP contribution in [0.4, 0.5) is 8.78 Å². The average molecular weight is 785 g/mol. The third-order valence-corrected chi connectivity index (χ3v) is 8.87. The van der Waals surface area contributed by atoms with Gasteiger partial charge >= 0.3 is 0 Å². The maximum atomic E-state index is 15.1. The van der Waals surface area contributed by atoms with Gasteiger partial charge in [0.2, 0.25) is 0 Å². The number of furan rings is 1. The van der Waals surface area contributed by atoms with Crippen molar-refractivity contribution in [3.63, 3.8) is 0 Å². The van der Waals surface area contributed by atoms with Gasteiger partial charge in [-0.05, 0) is 48.5 Å². The molecule has 0 saturated carbocycles. The van der Waals surface area contributed by atoms with Crippen LogP contribution in [-0.2, 0) is 31.4 Å². The first-order chi connectivity index (χ1) is 21.7. The zero-order valence-corrected chi connectivity index (χ0v) is 28.2. The Morgan fingerprint density at radius 3 is 2.26 bits per heavy atom. The quantitative estimate of drug-likeness (QED) is 0.164. The molecule has 8 rings (SSSR count). The third kappa shape index (κ3) is 5.16. The average Bonchev–Trinajstić information content (AvgIpc) is 3.45. The molecule has 1 radical (unpaired) electrons. The molecule has 3 heterocycles. The predicted octanol–water partition coefficient (Wildman–Crippen LogP) is 10.7. The van der Waals surface area contributed by atoms with Crippen molar-refractivity contribution in [3.8, 4) is 33.6 Å². The Bertz CT molecular complexity index is 2210. The van der Waals surface area contributed by atoms with E-state index in [4.69, 9.17) is 4.42 Å². The minimum atomic E-state index is -2.94. The van der Waals surface area contributed by atoms with Gasteiger partial charge in [-0.2, -0.15) is 0 Å². The van der Waals surface area contributed by atoms with E-state index in [0.29, 0.717) is 11.1 Å². The van der Waals surface area contributed by atoms with E-state index in [2.05, 4.69) is 28.2 Å². The monoisotopic (exact) mass is 785 g/mol. The van der Waals surface area contributed by atoms with E-state index in [1.165, 1.54) is 6.07 Å². The number of para-hydroxylation sites is 1. The van der Waals surface area contributed by atoms with Gasteiger partial charge in [-0.25, -0.2) is 8.78 Å². The first-order valence-electron chi connectivity index (χ1n) is 14.9. The number of benzene rings is 4. The van der Waals surface area contributed by atoms with Crippen molar-refractivity contribution < 1.29 is 33.3 Å². The number of rotatable bonds is 2. The fourth-order valence-corrected chi connectivity index (χ4v) is 6.04. The predicted molar refractivity (Wildman–Crippen MR) is 176 cm³/mol. The molecule has 0 bridgehead atoms. The van der Waals surface area contributed by atoms with Crippen molar-refractivity contribution in [2.24, 2.45) is 0 Å².